The Morgan fingerprint density at radius 2 is 2.23 bits per heavy atom. The number of hydrogen-bond acceptors (Lipinski definition) is 5. The van der Waals surface area contributed by atoms with Crippen LogP contribution in [0.1, 0.15) is 12.5 Å². The summed E-state index contributed by atoms with van der Waals surface area (Å²) in [5.41, 5.74) is 9.11. The first-order valence-electron chi connectivity index (χ1n) is 6.58. The molecule has 0 aliphatic heterocycles. The summed E-state index contributed by atoms with van der Waals surface area (Å²) in [4.78, 5) is 14.4. The molecule has 8 heteroatoms. The normalized spacial score (nSPS) is 11.0. The second-order valence-corrected chi connectivity index (χ2v) is 5.15. The van der Waals surface area contributed by atoms with Gasteiger partial charge in [0.2, 0.25) is 0 Å². The molecule has 0 amide bonds. The molecule has 0 saturated heterocycles. The summed E-state index contributed by atoms with van der Waals surface area (Å²) in [6.07, 6.45) is 4.01. The Hall–Kier alpha value is -2.67. The Bertz CT molecular complexity index is 890. The molecular weight excluding hydrogens is 306 g/mol. The molecule has 0 unspecified atom stereocenters. The van der Waals surface area contributed by atoms with Crippen LogP contribution in [-0.4, -0.2) is 19.5 Å². The van der Waals surface area contributed by atoms with Crippen LogP contribution in [-0.2, 0) is 6.42 Å². The lowest BCUT2D eigenvalue weighted by Gasteiger charge is -2.06. The quantitative estimate of drug-likeness (QED) is 0.591. The van der Waals surface area contributed by atoms with Gasteiger partial charge in [-0.15, -0.1) is 0 Å². The van der Waals surface area contributed by atoms with Crippen molar-refractivity contribution in [3.63, 3.8) is 0 Å². The summed E-state index contributed by atoms with van der Waals surface area (Å²) in [6, 6.07) is 4.62. The Kier molecular flexibility index (Phi) is 3.42. The van der Waals surface area contributed by atoms with Gasteiger partial charge in [0.25, 0.3) is 5.69 Å². The van der Waals surface area contributed by atoms with E-state index in [0.29, 0.717) is 11.3 Å². The van der Waals surface area contributed by atoms with Crippen LogP contribution < -0.4 is 5.73 Å². The van der Waals surface area contributed by atoms with Gasteiger partial charge in [0, 0.05) is 17.8 Å². The second-order valence-electron chi connectivity index (χ2n) is 4.74. The summed E-state index contributed by atoms with van der Waals surface area (Å²) >= 11 is 6.02. The van der Waals surface area contributed by atoms with E-state index in [-0.39, 0.29) is 10.7 Å². The van der Waals surface area contributed by atoms with Gasteiger partial charge in [-0.3, -0.25) is 10.1 Å². The van der Waals surface area contributed by atoms with Crippen molar-refractivity contribution in [1.29, 1.82) is 0 Å². The van der Waals surface area contributed by atoms with Crippen LogP contribution in [0, 0.1) is 10.1 Å². The minimum Gasteiger partial charge on any atom is -0.382 e. The van der Waals surface area contributed by atoms with Crippen molar-refractivity contribution < 1.29 is 4.92 Å². The van der Waals surface area contributed by atoms with Crippen LogP contribution in [0.15, 0.2) is 30.7 Å². The van der Waals surface area contributed by atoms with E-state index in [0.717, 1.165) is 23.1 Å². The molecule has 0 saturated carbocycles. The van der Waals surface area contributed by atoms with Gasteiger partial charge in [-0.1, -0.05) is 18.5 Å². The molecule has 3 aromatic rings. The lowest BCUT2D eigenvalue weighted by Crippen LogP contribution is -1.98. The van der Waals surface area contributed by atoms with Gasteiger partial charge in [0.1, 0.15) is 16.9 Å². The van der Waals surface area contributed by atoms with Crippen molar-refractivity contribution in [2.75, 3.05) is 5.73 Å². The Morgan fingerprint density at radius 1 is 1.45 bits per heavy atom. The van der Waals surface area contributed by atoms with E-state index in [1.54, 1.807) is 16.6 Å². The van der Waals surface area contributed by atoms with Gasteiger partial charge in [-0.25, -0.2) is 9.50 Å². The number of halogens is 1. The number of nitro groups is 1. The first-order valence-corrected chi connectivity index (χ1v) is 6.95. The Labute approximate surface area is 130 Å². The predicted molar refractivity (Wildman–Crippen MR) is 83.9 cm³/mol. The van der Waals surface area contributed by atoms with E-state index < -0.39 is 4.92 Å². The molecule has 3 rings (SSSR count). The fraction of sp³-hybridized carbons (Fsp3) is 0.143. The molecule has 7 nitrogen and oxygen atoms in total. The lowest BCUT2D eigenvalue weighted by molar-refractivity contribution is -0.384. The fourth-order valence-corrected chi connectivity index (χ4v) is 2.73. The molecule has 0 bridgehead atoms. The number of hydrogen-bond donors (Lipinski definition) is 1. The van der Waals surface area contributed by atoms with Gasteiger partial charge in [-0.2, -0.15) is 5.10 Å². The molecular formula is C14H12ClN5O2. The number of anilines is 1. The maximum atomic E-state index is 10.9. The van der Waals surface area contributed by atoms with Crippen molar-refractivity contribution in [1.82, 2.24) is 14.6 Å². The average Bonchev–Trinajstić information content (AvgIpc) is 2.86. The molecule has 2 heterocycles. The lowest BCUT2D eigenvalue weighted by atomic mass is 10.0. The summed E-state index contributed by atoms with van der Waals surface area (Å²) in [5, 5.41) is 15.1. The van der Waals surface area contributed by atoms with Gasteiger partial charge in [0.05, 0.1) is 4.92 Å². The maximum absolute atomic E-state index is 10.9. The highest BCUT2D eigenvalue weighted by molar-refractivity contribution is 6.33. The maximum Gasteiger partial charge on any atom is 0.287 e. The minimum absolute atomic E-state index is 0.0827. The molecule has 0 radical (unpaired) electrons. The largest absolute Gasteiger partial charge is 0.382 e. The third kappa shape index (κ3) is 2.15. The summed E-state index contributed by atoms with van der Waals surface area (Å²) in [6.45, 7) is 2.01. The highest BCUT2D eigenvalue weighted by atomic mass is 35.5. The second kappa shape index (κ2) is 5.27. The highest BCUT2D eigenvalue weighted by Crippen LogP contribution is 2.36. The van der Waals surface area contributed by atoms with Crippen LogP contribution in [0.4, 0.5) is 11.5 Å². The number of rotatable bonds is 3. The van der Waals surface area contributed by atoms with E-state index in [2.05, 4.69) is 10.1 Å². The van der Waals surface area contributed by atoms with Gasteiger partial charge in [0.15, 0.2) is 5.82 Å². The zero-order valence-corrected chi connectivity index (χ0v) is 12.4. The number of aromatic nitrogens is 3. The van der Waals surface area contributed by atoms with Crippen LogP contribution in [0.5, 0.6) is 0 Å². The summed E-state index contributed by atoms with van der Waals surface area (Å²) in [5.74, 6) is 0.346. The molecule has 22 heavy (non-hydrogen) atoms. The molecule has 2 aromatic heterocycles. The zero-order valence-electron chi connectivity index (χ0n) is 11.7. The SMILES string of the molecule is CCc1cn2ncnc(N)c2c1-c1ccc([N+](=O)[O-])c(Cl)c1. The topological polar surface area (TPSA) is 99.3 Å². The van der Waals surface area contributed by atoms with E-state index in [4.69, 9.17) is 17.3 Å². The molecule has 0 spiro atoms. The van der Waals surface area contributed by atoms with Crippen molar-refractivity contribution in [2.24, 2.45) is 0 Å². The zero-order chi connectivity index (χ0) is 15.9. The van der Waals surface area contributed by atoms with Gasteiger partial charge in [-0.05, 0) is 29.7 Å². The van der Waals surface area contributed by atoms with E-state index >= 15 is 0 Å². The number of fused-ring (bicyclic) bond motifs is 1. The first-order chi connectivity index (χ1) is 10.5. The molecule has 2 N–H and O–H groups in total. The Balaban J connectivity index is 2.30. The van der Waals surface area contributed by atoms with Crippen LogP contribution >= 0.6 is 11.6 Å². The van der Waals surface area contributed by atoms with Gasteiger partial charge >= 0.3 is 0 Å². The van der Waals surface area contributed by atoms with E-state index in [1.165, 1.54) is 12.4 Å². The van der Waals surface area contributed by atoms with Crippen molar-refractivity contribution in [3.8, 4) is 11.1 Å². The van der Waals surface area contributed by atoms with Crippen molar-refractivity contribution in [2.45, 2.75) is 13.3 Å². The standard InChI is InChI=1S/C14H12ClN5O2/c1-2-8-6-19-13(14(16)17-7-18-19)12(8)9-3-4-11(20(21)22)10(15)5-9/h3-7H,2H2,1H3,(H2,16,17,18). The molecule has 0 fully saturated rings. The molecule has 112 valence electrons. The predicted octanol–water partition coefficient (Wildman–Crippen LogP) is 3.10. The average molecular weight is 318 g/mol. The van der Waals surface area contributed by atoms with Crippen LogP contribution in [0.25, 0.3) is 16.6 Å². The number of aryl methyl sites for hydroxylation is 1. The monoisotopic (exact) mass is 317 g/mol. The smallest absolute Gasteiger partial charge is 0.287 e. The van der Waals surface area contributed by atoms with Gasteiger partial charge < -0.3 is 5.73 Å². The number of nitrogens with zero attached hydrogens (tertiary/aromatic N) is 4. The fourth-order valence-electron chi connectivity index (χ4n) is 2.49. The number of nitro benzene ring substituents is 1. The Morgan fingerprint density at radius 3 is 2.86 bits per heavy atom. The van der Waals surface area contributed by atoms with Crippen molar-refractivity contribution in [3.05, 3.63) is 51.4 Å². The third-order valence-corrected chi connectivity index (χ3v) is 3.80. The summed E-state index contributed by atoms with van der Waals surface area (Å²) in [7, 11) is 0. The molecule has 0 atom stereocenters. The summed E-state index contributed by atoms with van der Waals surface area (Å²) < 4.78 is 1.66. The molecule has 0 aliphatic rings. The number of nitrogen functional groups attached to an aromatic ring is 1. The highest BCUT2D eigenvalue weighted by Gasteiger charge is 2.18. The van der Waals surface area contributed by atoms with Crippen LogP contribution in [0.2, 0.25) is 5.02 Å². The van der Waals surface area contributed by atoms with Crippen molar-refractivity contribution >= 4 is 28.6 Å². The molecule has 0 aliphatic carbocycles. The number of nitrogens with two attached hydrogens (primary N) is 1. The van der Waals surface area contributed by atoms with E-state index in [1.807, 2.05) is 13.1 Å². The minimum atomic E-state index is -0.512. The molecule has 1 aromatic carbocycles. The third-order valence-electron chi connectivity index (χ3n) is 3.49. The van der Waals surface area contributed by atoms with Crippen LogP contribution in [0.3, 0.4) is 0 Å². The first kappa shape index (κ1) is 14.3. The van der Waals surface area contributed by atoms with E-state index in [9.17, 15) is 10.1 Å². The number of benzene rings is 1.